The first kappa shape index (κ1) is 15.1. The molecule has 1 rings (SSSR count). The van der Waals surface area contributed by atoms with Crippen LogP contribution in [0, 0.1) is 5.92 Å². The molecule has 0 spiro atoms. The summed E-state index contributed by atoms with van der Waals surface area (Å²) in [6, 6.07) is -1.12. The van der Waals surface area contributed by atoms with E-state index in [-0.39, 0.29) is 6.03 Å². The molecule has 1 aliphatic carbocycles. The van der Waals surface area contributed by atoms with Gasteiger partial charge < -0.3 is 15.7 Å². The van der Waals surface area contributed by atoms with Crippen molar-refractivity contribution >= 4 is 23.8 Å². The summed E-state index contributed by atoms with van der Waals surface area (Å²) in [5.41, 5.74) is 0. The van der Waals surface area contributed by atoms with Gasteiger partial charge in [0, 0.05) is 6.54 Å². The Bertz CT molecular complexity index is 282. The molecule has 18 heavy (non-hydrogen) atoms. The van der Waals surface area contributed by atoms with E-state index in [9.17, 15) is 9.59 Å². The van der Waals surface area contributed by atoms with Crippen LogP contribution < -0.4 is 10.6 Å². The van der Waals surface area contributed by atoms with E-state index in [0.29, 0.717) is 18.9 Å². The van der Waals surface area contributed by atoms with E-state index in [1.54, 1.807) is 0 Å². The molecule has 0 saturated heterocycles. The van der Waals surface area contributed by atoms with E-state index in [0.717, 1.165) is 30.8 Å². The zero-order chi connectivity index (χ0) is 13.4. The largest absolute Gasteiger partial charge is 0.480 e. The molecule has 2 amide bonds. The summed E-state index contributed by atoms with van der Waals surface area (Å²) in [5, 5.41) is 14.2. The van der Waals surface area contributed by atoms with Crippen LogP contribution in [0.4, 0.5) is 4.79 Å². The third kappa shape index (κ3) is 6.74. The minimum Gasteiger partial charge on any atom is -0.480 e. The van der Waals surface area contributed by atoms with Gasteiger partial charge in [-0.25, -0.2) is 9.59 Å². The van der Waals surface area contributed by atoms with Gasteiger partial charge in [-0.2, -0.15) is 11.8 Å². The highest BCUT2D eigenvalue weighted by Gasteiger charge is 2.30. The van der Waals surface area contributed by atoms with Gasteiger partial charge in [-0.05, 0) is 30.3 Å². The lowest BCUT2D eigenvalue weighted by Crippen LogP contribution is -2.46. The van der Waals surface area contributed by atoms with Gasteiger partial charge in [0.2, 0.25) is 0 Å². The zero-order valence-corrected chi connectivity index (χ0v) is 11.6. The maximum Gasteiger partial charge on any atom is 0.326 e. The molecule has 1 aliphatic rings. The summed E-state index contributed by atoms with van der Waals surface area (Å²) in [7, 11) is 0. The lowest BCUT2D eigenvalue weighted by atomic mass is 10.1. The number of carboxylic acid groups (broad SMARTS) is 1. The van der Waals surface area contributed by atoms with Gasteiger partial charge in [0.05, 0.1) is 0 Å². The van der Waals surface area contributed by atoms with Gasteiger partial charge in [0.15, 0.2) is 0 Å². The summed E-state index contributed by atoms with van der Waals surface area (Å²) < 4.78 is 0. The first-order valence-corrected chi connectivity index (χ1v) is 7.63. The second kappa shape index (κ2) is 8.24. The molecule has 1 saturated carbocycles. The molecule has 0 radical (unpaired) electrons. The van der Waals surface area contributed by atoms with Gasteiger partial charge >= 0.3 is 12.0 Å². The zero-order valence-electron chi connectivity index (χ0n) is 10.8. The number of thioether (sulfide) groups is 1. The van der Waals surface area contributed by atoms with E-state index in [2.05, 4.69) is 17.6 Å². The highest BCUT2D eigenvalue weighted by molar-refractivity contribution is 7.99. The van der Waals surface area contributed by atoms with Gasteiger partial charge in [0.1, 0.15) is 6.04 Å². The molecule has 104 valence electrons. The second-order valence-corrected chi connectivity index (χ2v) is 5.91. The van der Waals surface area contributed by atoms with Crippen LogP contribution in [0.2, 0.25) is 0 Å². The van der Waals surface area contributed by atoms with Crippen LogP contribution in [0.1, 0.15) is 32.6 Å². The Kier molecular flexibility index (Phi) is 6.93. The Labute approximate surface area is 112 Å². The number of amides is 2. The van der Waals surface area contributed by atoms with Crippen molar-refractivity contribution in [1.29, 1.82) is 0 Å². The van der Waals surface area contributed by atoms with Gasteiger partial charge in [0.25, 0.3) is 0 Å². The first-order chi connectivity index (χ1) is 8.63. The number of carbonyl (C=O) groups is 2. The second-order valence-electron chi connectivity index (χ2n) is 4.52. The molecule has 0 aromatic rings. The lowest BCUT2D eigenvalue weighted by Gasteiger charge is -2.14. The minimum absolute atomic E-state index is 0.371. The van der Waals surface area contributed by atoms with Crippen LogP contribution in [0.5, 0.6) is 0 Å². The van der Waals surface area contributed by atoms with Crippen molar-refractivity contribution < 1.29 is 14.7 Å². The van der Waals surface area contributed by atoms with Crippen molar-refractivity contribution in [2.24, 2.45) is 5.92 Å². The number of nitrogens with one attached hydrogen (secondary N) is 2. The summed E-state index contributed by atoms with van der Waals surface area (Å²) in [6.45, 7) is 2.69. The third-order valence-electron chi connectivity index (χ3n) is 2.82. The van der Waals surface area contributed by atoms with Crippen molar-refractivity contribution in [3.63, 3.8) is 0 Å². The maximum atomic E-state index is 11.5. The topological polar surface area (TPSA) is 78.4 Å². The average molecular weight is 274 g/mol. The van der Waals surface area contributed by atoms with E-state index in [1.807, 2.05) is 11.8 Å². The molecule has 1 atom stereocenters. The molecule has 3 N–H and O–H groups in total. The fourth-order valence-corrected chi connectivity index (χ4v) is 2.28. The number of carbonyl (C=O) groups excluding carboxylic acids is 1. The number of rotatable bonds is 9. The number of aliphatic carboxylic acids is 1. The molecule has 0 aromatic heterocycles. The Morgan fingerprint density at radius 3 is 2.72 bits per heavy atom. The fraction of sp³-hybridized carbons (Fsp3) is 0.833. The quantitative estimate of drug-likeness (QED) is 0.559. The van der Waals surface area contributed by atoms with Crippen molar-refractivity contribution in [3.8, 4) is 0 Å². The summed E-state index contributed by atoms with van der Waals surface area (Å²) in [5.74, 6) is 1.63. The summed E-state index contributed by atoms with van der Waals surface area (Å²) in [4.78, 5) is 22.5. The molecule has 0 aliphatic heterocycles. The van der Waals surface area contributed by atoms with E-state index in [4.69, 9.17) is 5.11 Å². The predicted octanol–water partition coefficient (Wildman–Crippen LogP) is 1.68. The van der Waals surface area contributed by atoms with Crippen LogP contribution in [0.25, 0.3) is 0 Å². The Morgan fingerprint density at radius 1 is 1.44 bits per heavy atom. The Hall–Kier alpha value is -0.910. The average Bonchev–Trinajstić information content (AvgIpc) is 3.11. The maximum absolute atomic E-state index is 11.5. The van der Waals surface area contributed by atoms with Crippen LogP contribution in [-0.2, 0) is 4.79 Å². The highest BCUT2D eigenvalue weighted by atomic mass is 32.2. The summed E-state index contributed by atoms with van der Waals surface area (Å²) >= 11 is 1.83. The summed E-state index contributed by atoms with van der Waals surface area (Å²) in [6.07, 6.45) is 3.63. The molecule has 1 fully saturated rings. The predicted molar refractivity (Wildman–Crippen MR) is 72.9 cm³/mol. The first-order valence-electron chi connectivity index (χ1n) is 6.48. The van der Waals surface area contributed by atoms with Crippen LogP contribution in [0.3, 0.4) is 0 Å². The molecule has 0 aromatic carbocycles. The third-order valence-corrected chi connectivity index (χ3v) is 3.81. The van der Waals surface area contributed by atoms with Gasteiger partial charge in [-0.1, -0.05) is 19.8 Å². The number of carboxylic acids is 1. The molecule has 0 heterocycles. The van der Waals surface area contributed by atoms with Crippen molar-refractivity contribution in [2.75, 3.05) is 18.1 Å². The van der Waals surface area contributed by atoms with Crippen LogP contribution >= 0.6 is 11.8 Å². The van der Waals surface area contributed by atoms with Crippen LogP contribution in [0.15, 0.2) is 0 Å². The van der Waals surface area contributed by atoms with Gasteiger partial charge in [-0.3, -0.25) is 0 Å². The van der Waals surface area contributed by atoms with Crippen molar-refractivity contribution in [2.45, 2.75) is 38.6 Å². The molecular weight excluding hydrogens is 252 g/mol. The number of urea groups is 1. The number of hydrogen-bond donors (Lipinski definition) is 3. The SMILES string of the molecule is CCSCCCNC(=O)NC(CC1CC1)C(=O)O. The van der Waals surface area contributed by atoms with Crippen molar-refractivity contribution in [1.82, 2.24) is 10.6 Å². The molecule has 5 nitrogen and oxygen atoms in total. The molecular formula is C12H22N2O3S. The number of hydrogen-bond acceptors (Lipinski definition) is 3. The van der Waals surface area contributed by atoms with Crippen molar-refractivity contribution in [3.05, 3.63) is 0 Å². The van der Waals surface area contributed by atoms with E-state index in [1.165, 1.54) is 0 Å². The fourth-order valence-electron chi connectivity index (χ4n) is 1.64. The Balaban J connectivity index is 2.13. The Morgan fingerprint density at radius 2 is 2.17 bits per heavy atom. The molecule has 6 heteroatoms. The van der Waals surface area contributed by atoms with E-state index >= 15 is 0 Å². The molecule has 1 unspecified atom stereocenters. The normalized spacial score (nSPS) is 16.1. The lowest BCUT2D eigenvalue weighted by molar-refractivity contribution is -0.139. The highest BCUT2D eigenvalue weighted by Crippen LogP contribution is 2.33. The van der Waals surface area contributed by atoms with Gasteiger partial charge in [-0.15, -0.1) is 0 Å². The standard InChI is InChI=1S/C12H22N2O3S/c1-2-18-7-3-6-13-12(17)14-10(11(15)16)8-9-4-5-9/h9-10H,2-8H2,1H3,(H,15,16)(H2,13,14,17). The van der Waals surface area contributed by atoms with E-state index < -0.39 is 12.0 Å². The molecule has 0 bridgehead atoms. The monoisotopic (exact) mass is 274 g/mol. The van der Waals surface area contributed by atoms with Crippen LogP contribution in [-0.4, -0.2) is 41.2 Å². The minimum atomic E-state index is -0.946. The smallest absolute Gasteiger partial charge is 0.326 e.